The maximum Gasteiger partial charge on any atom is 0.256 e. The summed E-state index contributed by atoms with van der Waals surface area (Å²) in [6.45, 7) is -0.452. The van der Waals surface area contributed by atoms with E-state index in [1.807, 2.05) is 84.9 Å². The number of ether oxygens (including phenoxy) is 4. The van der Waals surface area contributed by atoms with E-state index in [1.165, 1.54) is 0 Å². The third kappa shape index (κ3) is 5.97. The van der Waals surface area contributed by atoms with Crippen LogP contribution < -0.4 is 61.5 Å². The number of hydrogen-bond donors (Lipinski definition) is 0. The van der Waals surface area contributed by atoms with Crippen LogP contribution in [-0.2, 0) is 0 Å². The summed E-state index contributed by atoms with van der Waals surface area (Å²) < 4.78 is 40.9. The van der Waals surface area contributed by atoms with Crippen molar-refractivity contribution in [2.24, 2.45) is 0 Å². The van der Waals surface area contributed by atoms with Crippen molar-refractivity contribution in [1.29, 1.82) is 0 Å². The summed E-state index contributed by atoms with van der Waals surface area (Å²) in [6, 6.07) is 79.7. The molecule has 0 saturated heterocycles. The zero-order valence-corrected chi connectivity index (χ0v) is 40.4. The molecule has 6 heterocycles. The monoisotopic (exact) mass is 976 g/mol. The summed E-state index contributed by atoms with van der Waals surface area (Å²) in [5, 5.41) is 3.85. The van der Waals surface area contributed by atoms with Crippen LogP contribution in [0.25, 0.3) is 43.9 Å². The predicted molar refractivity (Wildman–Crippen MR) is 306 cm³/mol. The van der Waals surface area contributed by atoms with E-state index in [0.29, 0.717) is 45.3 Å². The van der Waals surface area contributed by atoms with E-state index >= 15 is 0 Å². The lowest BCUT2D eigenvalue weighted by Gasteiger charge is -2.44. The fourth-order valence-corrected chi connectivity index (χ4v) is 12.5. The number of hydrogen-bond acceptors (Lipinski definition) is 8. The molecule has 4 aliphatic rings. The topological polar surface area (TPSA) is 69.7 Å². The van der Waals surface area contributed by atoms with Gasteiger partial charge in [-0.1, -0.05) is 115 Å². The van der Waals surface area contributed by atoms with Gasteiger partial charge in [-0.2, -0.15) is 0 Å². The quantitative estimate of drug-likeness (QED) is 0.153. The van der Waals surface area contributed by atoms with Crippen LogP contribution in [0, 0.1) is 0 Å². The third-order valence-corrected chi connectivity index (χ3v) is 15.6. The van der Waals surface area contributed by atoms with Crippen LogP contribution in [0.1, 0.15) is 0 Å². The Morgan fingerprint density at radius 1 is 0.316 bits per heavy atom. The molecular weight excluding hydrogens is 938 g/mol. The Bertz CT molecular complexity index is 4280. The van der Waals surface area contributed by atoms with Gasteiger partial charge in [0.15, 0.2) is 22.7 Å². The Morgan fingerprint density at radius 2 is 0.724 bits per heavy atom. The molecule has 10 heteroatoms. The first-order valence-electron chi connectivity index (χ1n) is 25.6. The van der Waals surface area contributed by atoms with Crippen LogP contribution in [0.15, 0.2) is 239 Å². The van der Waals surface area contributed by atoms with E-state index in [2.05, 4.69) is 155 Å². The number of fused-ring (bicyclic) bond motifs is 16. The number of para-hydroxylation sites is 6. The number of benzene rings is 11. The summed E-state index contributed by atoms with van der Waals surface area (Å²) in [5.41, 5.74) is 15.6. The van der Waals surface area contributed by atoms with Crippen molar-refractivity contribution in [2.75, 3.05) is 9.80 Å². The van der Waals surface area contributed by atoms with Gasteiger partial charge in [-0.05, 0) is 125 Å². The van der Waals surface area contributed by atoms with Crippen molar-refractivity contribution < 1.29 is 27.8 Å². The largest absolute Gasteiger partial charge is 0.457 e. The van der Waals surface area contributed by atoms with Crippen LogP contribution in [0.5, 0.6) is 46.0 Å². The zero-order chi connectivity index (χ0) is 49.6. The normalized spacial score (nSPS) is 13.4. The van der Waals surface area contributed by atoms with Crippen molar-refractivity contribution in [2.45, 2.75) is 0 Å². The van der Waals surface area contributed by atoms with Crippen LogP contribution in [0.2, 0.25) is 0 Å². The smallest absolute Gasteiger partial charge is 0.256 e. The molecule has 8 nitrogen and oxygen atoms in total. The fourth-order valence-electron chi connectivity index (χ4n) is 12.5. The lowest BCUT2D eigenvalue weighted by molar-refractivity contribution is 0.477. The molecule has 0 amide bonds. The van der Waals surface area contributed by atoms with Gasteiger partial charge < -0.3 is 37.6 Å². The van der Waals surface area contributed by atoms with Crippen molar-refractivity contribution in [1.82, 2.24) is 0 Å². The zero-order valence-electron chi connectivity index (χ0n) is 40.4. The predicted octanol–water partition coefficient (Wildman–Crippen LogP) is 13.9. The Balaban J connectivity index is 0.938. The first-order chi connectivity index (χ1) is 37.7. The first-order valence-corrected chi connectivity index (χ1v) is 25.6. The van der Waals surface area contributed by atoms with Gasteiger partial charge in [0.05, 0.1) is 0 Å². The first kappa shape index (κ1) is 41.4. The molecule has 0 radical (unpaired) electrons. The maximum absolute atomic E-state index is 7.15. The summed E-state index contributed by atoms with van der Waals surface area (Å²) >= 11 is 0. The number of anilines is 6. The molecule has 0 unspecified atom stereocenters. The van der Waals surface area contributed by atoms with Crippen molar-refractivity contribution in [3.8, 4) is 46.0 Å². The molecule has 0 fully saturated rings. The van der Waals surface area contributed by atoms with Gasteiger partial charge in [0.1, 0.15) is 45.7 Å². The minimum atomic E-state index is -0.226. The van der Waals surface area contributed by atoms with Crippen molar-refractivity contribution in [3.63, 3.8) is 0 Å². The highest BCUT2D eigenvalue weighted by molar-refractivity contribution is 7.02. The fraction of sp³-hybridized carbons (Fsp3) is 0. The van der Waals surface area contributed by atoms with Gasteiger partial charge in [-0.15, -0.1) is 0 Å². The summed E-state index contributed by atoms with van der Waals surface area (Å²) in [5.74, 6) is 5.90. The highest BCUT2D eigenvalue weighted by Gasteiger charge is 2.48. The Labute approximate surface area is 436 Å². The summed E-state index contributed by atoms with van der Waals surface area (Å²) in [4.78, 5) is 4.86. The van der Waals surface area contributed by atoms with Crippen molar-refractivity contribution in [3.05, 3.63) is 231 Å². The van der Waals surface area contributed by atoms with Gasteiger partial charge >= 0.3 is 0 Å². The molecule has 4 aliphatic heterocycles. The lowest BCUT2D eigenvalue weighted by Crippen LogP contribution is -2.63. The van der Waals surface area contributed by atoms with E-state index in [1.54, 1.807) is 0 Å². The molecule has 13 aromatic rings. The molecular formula is C66H38B2N2O6. The average Bonchev–Trinajstić information content (AvgIpc) is 4.12. The van der Waals surface area contributed by atoms with Gasteiger partial charge in [-0.25, -0.2) is 0 Å². The molecule has 0 N–H and O–H groups in total. The molecule has 0 spiro atoms. The van der Waals surface area contributed by atoms with Crippen LogP contribution >= 0.6 is 0 Å². The average molecular weight is 977 g/mol. The second-order valence-corrected chi connectivity index (χ2v) is 19.8. The molecule has 354 valence electrons. The van der Waals surface area contributed by atoms with Gasteiger partial charge in [0, 0.05) is 78.7 Å². The van der Waals surface area contributed by atoms with E-state index in [9.17, 15) is 0 Å². The van der Waals surface area contributed by atoms with E-state index in [-0.39, 0.29) is 13.4 Å². The van der Waals surface area contributed by atoms with E-state index in [4.69, 9.17) is 27.8 Å². The lowest BCUT2D eigenvalue weighted by atomic mass is 9.31. The molecule has 0 bridgehead atoms. The molecule has 0 aliphatic carbocycles. The molecule has 2 aromatic heterocycles. The minimum absolute atomic E-state index is 0.226. The Morgan fingerprint density at radius 3 is 1.17 bits per heavy atom. The second kappa shape index (κ2) is 15.7. The van der Waals surface area contributed by atoms with Crippen LogP contribution in [-0.4, -0.2) is 13.4 Å². The summed E-state index contributed by atoms with van der Waals surface area (Å²) in [6.07, 6.45) is 0. The highest BCUT2D eigenvalue weighted by Crippen LogP contribution is 2.51. The summed E-state index contributed by atoms with van der Waals surface area (Å²) in [7, 11) is 0. The third-order valence-electron chi connectivity index (χ3n) is 15.6. The standard InChI is InChI=1S/C66H38B2N2O6/c1-5-17-39(18-6-1)69-53-38-54-52(37-51(53)67-49-25-13-15-27-57(49)73-65-61(67)55(69)35-47-45-31-29-43(33-59(45)75-63(47)65)71-41-21-9-3-10-22-41)68-50-26-14-16-28-58(50)74-66-62(68)56(70(54)40-19-7-2-8-20-40)36-48-46-32-30-44(34-60(46)76-64(48)66)72-42-23-11-4-12-24-42/h1-38H. The van der Waals surface area contributed by atoms with Crippen LogP contribution in [0.3, 0.4) is 0 Å². The number of nitrogens with zero attached hydrogens (tertiary/aromatic N) is 2. The maximum atomic E-state index is 7.15. The molecule has 76 heavy (non-hydrogen) atoms. The Kier molecular flexibility index (Phi) is 8.57. The molecule has 11 aromatic carbocycles. The second-order valence-electron chi connectivity index (χ2n) is 19.8. The Hall–Kier alpha value is -10.1. The van der Waals surface area contributed by atoms with Gasteiger partial charge in [0.25, 0.3) is 13.4 Å². The van der Waals surface area contributed by atoms with Gasteiger partial charge in [0.2, 0.25) is 0 Å². The van der Waals surface area contributed by atoms with E-state index in [0.717, 1.165) is 111 Å². The van der Waals surface area contributed by atoms with Crippen molar-refractivity contribution >= 4 is 124 Å². The van der Waals surface area contributed by atoms with Gasteiger partial charge in [-0.3, -0.25) is 0 Å². The molecule has 17 rings (SSSR count). The minimum Gasteiger partial charge on any atom is -0.457 e. The molecule has 0 atom stereocenters. The van der Waals surface area contributed by atoms with Crippen LogP contribution in [0.4, 0.5) is 34.1 Å². The van der Waals surface area contributed by atoms with E-state index < -0.39 is 0 Å². The number of rotatable bonds is 6. The molecule has 0 saturated carbocycles. The highest BCUT2D eigenvalue weighted by atomic mass is 16.5. The SMILES string of the molecule is c1ccc(Oc2ccc3c(c2)oc2c4c5c(cc23)N(c2ccccc2)c2cc3c(cc2B5c2ccccc2O4)B2c4ccccc4Oc4c2c(cc2c4oc4cc(Oc5ccccc5)ccc42)N3c2ccccc2)cc1. The number of furan rings is 2.